The van der Waals surface area contributed by atoms with Crippen LogP contribution >= 0.6 is 0 Å². The standard InChI is InChI=1S/C37H51N5O9S/c1-24(2)52(48,49)40-34(45)37-21-27(37)14-6-4-3-5-7-17-30(38-35(46)50-28-15-10-11-16-28)33(44)42-23-29(20-31(42)32(43)39-37)51-36(47)41-19-18-25-12-8-9-13-26(25)22-41/h6,8-9,12-14,24,27-31H,3-5,7,10-11,15-23H2,1-2H3,(H,38,46)(H,39,43)(H,40,45)/b14-6-/t27-,29+,30-,31-,37+/m0/s1. The van der Waals surface area contributed by atoms with Crippen LogP contribution in [0.5, 0.6) is 0 Å². The third-order valence-electron chi connectivity index (χ3n) is 11.0. The van der Waals surface area contributed by atoms with Gasteiger partial charge in [-0.25, -0.2) is 18.0 Å². The average molecular weight is 742 g/mol. The molecule has 2 saturated carbocycles. The minimum absolute atomic E-state index is 0.0462. The largest absolute Gasteiger partial charge is 0.446 e. The van der Waals surface area contributed by atoms with Crippen LogP contribution < -0.4 is 15.4 Å². The zero-order valence-electron chi connectivity index (χ0n) is 30.0. The first-order valence-corrected chi connectivity index (χ1v) is 20.3. The zero-order chi connectivity index (χ0) is 37.0. The maximum atomic E-state index is 14.4. The lowest BCUT2D eigenvalue weighted by atomic mass is 10.0. The summed E-state index contributed by atoms with van der Waals surface area (Å²) in [5.41, 5.74) is 0.648. The minimum Gasteiger partial charge on any atom is -0.446 e. The second-order valence-electron chi connectivity index (χ2n) is 15.1. The molecule has 0 spiro atoms. The van der Waals surface area contributed by atoms with Crippen LogP contribution in [0.2, 0.25) is 0 Å². The van der Waals surface area contributed by atoms with Gasteiger partial charge in [0.1, 0.15) is 29.8 Å². The Hall–Kier alpha value is -4.14. The predicted octanol–water partition coefficient (Wildman–Crippen LogP) is 3.44. The van der Waals surface area contributed by atoms with Crippen molar-refractivity contribution in [2.45, 2.75) is 133 Å². The van der Waals surface area contributed by atoms with Crippen LogP contribution in [0, 0.1) is 5.92 Å². The molecule has 52 heavy (non-hydrogen) atoms. The Morgan fingerprint density at radius 3 is 2.44 bits per heavy atom. The maximum Gasteiger partial charge on any atom is 0.410 e. The molecule has 0 radical (unpaired) electrons. The molecule has 5 aliphatic rings. The highest BCUT2D eigenvalue weighted by molar-refractivity contribution is 7.90. The molecule has 0 unspecified atom stereocenters. The van der Waals surface area contributed by atoms with Crippen LogP contribution in [-0.2, 0) is 46.8 Å². The van der Waals surface area contributed by atoms with Crippen LogP contribution in [0.4, 0.5) is 9.59 Å². The number of benzene rings is 1. The fourth-order valence-corrected chi connectivity index (χ4v) is 8.38. The Labute approximate surface area is 305 Å². The Balaban J connectivity index is 1.24. The smallest absolute Gasteiger partial charge is 0.410 e. The van der Waals surface area contributed by atoms with E-state index in [0.29, 0.717) is 38.8 Å². The van der Waals surface area contributed by atoms with Crippen LogP contribution in [-0.4, -0.2) is 96.3 Å². The van der Waals surface area contributed by atoms with Crippen molar-refractivity contribution in [1.29, 1.82) is 0 Å². The van der Waals surface area contributed by atoms with Gasteiger partial charge < -0.3 is 29.9 Å². The molecule has 6 rings (SSSR count). The van der Waals surface area contributed by atoms with Gasteiger partial charge in [-0.1, -0.05) is 49.3 Å². The monoisotopic (exact) mass is 741 g/mol. The summed E-state index contributed by atoms with van der Waals surface area (Å²) in [5.74, 6) is -2.49. The van der Waals surface area contributed by atoms with Crippen LogP contribution in [0.1, 0.15) is 95.6 Å². The summed E-state index contributed by atoms with van der Waals surface area (Å²) in [6.07, 6.45) is 8.87. The molecule has 3 heterocycles. The number of fused-ring (bicyclic) bond motifs is 3. The molecule has 2 aliphatic carbocycles. The van der Waals surface area contributed by atoms with E-state index in [1.165, 1.54) is 18.7 Å². The quantitative estimate of drug-likeness (QED) is 0.368. The first-order valence-electron chi connectivity index (χ1n) is 18.7. The Kier molecular flexibility index (Phi) is 11.5. The topological polar surface area (TPSA) is 181 Å². The number of carbonyl (C=O) groups excluding carboxylic acids is 5. The molecule has 1 aromatic carbocycles. The highest BCUT2D eigenvalue weighted by Gasteiger charge is 2.61. The van der Waals surface area contributed by atoms with Crippen LogP contribution in [0.25, 0.3) is 0 Å². The van der Waals surface area contributed by atoms with Crippen molar-refractivity contribution in [2.24, 2.45) is 5.92 Å². The fourth-order valence-electron chi connectivity index (χ4n) is 7.71. The zero-order valence-corrected chi connectivity index (χ0v) is 30.8. The average Bonchev–Trinajstić information content (AvgIpc) is 3.38. The van der Waals surface area contributed by atoms with Crippen LogP contribution in [0.3, 0.4) is 0 Å². The molecular weight excluding hydrogens is 690 g/mol. The Morgan fingerprint density at radius 2 is 1.69 bits per heavy atom. The Bertz CT molecular complexity index is 1680. The molecule has 0 bridgehead atoms. The van der Waals surface area contributed by atoms with E-state index < -0.39 is 74.8 Å². The lowest BCUT2D eigenvalue weighted by Gasteiger charge is -2.30. The number of rotatable bonds is 6. The number of hydrogen-bond acceptors (Lipinski definition) is 9. The molecule has 5 atom stereocenters. The minimum atomic E-state index is -4.00. The van der Waals surface area contributed by atoms with Crippen molar-refractivity contribution >= 4 is 39.9 Å². The van der Waals surface area contributed by atoms with Gasteiger partial charge in [0.05, 0.1) is 11.8 Å². The van der Waals surface area contributed by atoms with E-state index in [4.69, 9.17) is 9.47 Å². The van der Waals surface area contributed by atoms with Gasteiger partial charge in [-0.05, 0) is 82.8 Å². The van der Waals surface area contributed by atoms with Gasteiger partial charge in [0.2, 0.25) is 21.8 Å². The molecule has 14 nitrogen and oxygen atoms in total. The normalized spacial score (nSPS) is 29.1. The summed E-state index contributed by atoms with van der Waals surface area (Å²) >= 11 is 0. The molecule has 3 aliphatic heterocycles. The van der Waals surface area contributed by atoms with Crippen molar-refractivity contribution in [3.05, 3.63) is 47.5 Å². The number of carbonyl (C=O) groups is 5. The van der Waals surface area contributed by atoms with Gasteiger partial charge in [-0.2, -0.15) is 0 Å². The highest BCUT2D eigenvalue weighted by Crippen LogP contribution is 2.46. The van der Waals surface area contributed by atoms with Gasteiger partial charge in [0, 0.05) is 25.4 Å². The predicted molar refractivity (Wildman–Crippen MR) is 190 cm³/mol. The van der Waals surface area contributed by atoms with Crippen molar-refractivity contribution in [3.63, 3.8) is 0 Å². The summed E-state index contributed by atoms with van der Waals surface area (Å²) in [6, 6.07) is 5.71. The van der Waals surface area contributed by atoms with Gasteiger partial charge >= 0.3 is 12.2 Å². The van der Waals surface area contributed by atoms with E-state index in [1.807, 2.05) is 36.4 Å². The number of sulfonamides is 1. The SMILES string of the molecule is CC(C)S(=O)(=O)NC(=O)[C@@]12C[C@@H]1/C=C\CCCCC[C@H](NC(=O)OC1CCCC1)C(=O)N1C[C@H](OC(=O)N3CCc4ccccc4C3)C[C@H]1C(=O)N2. The molecule has 15 heteroatoms. The summed E-state index contributed by atoms with van der Waals surface area (Å²) in [7, 11) is -4.00. The highest BCUT2D eigenvalue weighted by atomic mass is 32.2. The molecule has 5 amide bonds. The second kappa shape index (κ2) is 15.8. The second-order valence-corrected chi connectivity index (χ2v) is 17.3. The number of allylic oxidation sites excluding steroid dienone is 1. The Morgan fingerprint density at radius 1 is 0.962 bits per heavy atom. The maximum absolute atomic E-state index is 14.4. The molecule has 1 saturated heterocycles. The summed E-state index contributed by atoms with van der Waals surface area (Å²) in [5, 5.41) is 4.71. The van der Waals surface area contributed by atoms with Gasteiger partial charge in [0.25, 0.3) is 5.91 Å². The van der Waals surface area contributed by atoms with Crippen molar-refractivity contribution < 1.29 is 41.9 Å². The van der Waals surface area contributed by atoms with Gasteiger partial charge in [-0.3, -0.25) is 19.1 Å². The van der Waals surface area contributed by atoms with E-state index in [1.54, 1.807) is 4.90 Å². The lowest BCUT2D eigenvalue weighted by Crippen LogP contribution is -2.58. The van der Waals surface area contributed by atoms with Crippen molar-refractivity contribution in [1.82, 2.24) is 25.2 Å². The molecule has 3 fully saturated rings. The number of nitrogens with zero attached hydrogens (tertiary/aromatic N) is 2. The van der Waals surface area contributed by atoms with E-state index in [2.05, 4.69) is 15.4 Å². The van der Waals surface area contributed by atoms with Crippen molar-refractivity contribution in [3.8, 4) is 0 Å². The van der Waals surface area contributed by atoms with E-state index >= 15 is 0 Å². The van der Waals surface area contributed by atoms with E-state index in [9.17, 15) is 32.4 Å². The van der Waals surface area contributed by atoms with E-state index in [0.717, 1.165) is 49.7 Å². The van der Waals surface area contributed by atoms with E-state index in [-0.39, 0.29) is 25.5 Å². The van der Waals surface area contributed by atoms with Crippen molar-refractivity contribution in [2.75, 3.05) is 13.1 Å². The summed E-state index contributed by atoms with van der Waals surface area (Å²) < 4.78 is 39.1. The molecule has 3 N–H and O–H groups in total. The fraction of sp³-hybridized carbons (Fsp3) is 0.649. The molecule has 284 valence electrons. The van der Waals surface area contributed by atoms with Crippen LogP contribution in [0.15, 0.2) is 36.4 Å². The number of nitrogens with one attached hydrogen (secondary N) is 3. The summed E-state index contributed by atoms with van der Waals surface area (Å²) in [4.78, 5) is 71.6. The number of hydrogen-bond donors (Lipinski definition) is 3. The molecule has 0 aromatic heterocycles. The first kappa shape index (κ1) is 37.6. The molecule has 1 aromatic rings. The summed E-state index contributed by atoms with van der Waals surface area (Å²) in [6.45, 7) is 3.62. The van der Waals surface area contributed by atoms with Gasteiger partial charge in [-0.15, -0.1) is 0 Å². The molecular formula is C37H51N5O9S. The van der Waals surface area contributed by atoms with Gasteiger partial charge in [0.15, 0.2) is 0 Å². The number of alkyl carbamates (subject to hydrolysis) is 1. The third-order valence-corrected chi connectivity index (χ3v) is 12.7. The first-order chi connectivity index (χ1) is 24.9. The number of amides is 5. The lowest BCUT2D eigenvalue weighted by molar-refractivity contribution is -0.141. The number of ether oxygens (including phenoxy) is 2. The third kappa shape index (κ3) is 8.56.